The van der Waals surface area contributed by atoms with E-state index in [2.05, 4.69) is 0 Å². The number of aliphatic carboxylic acids is 1. The molecule has 1 aromatic carbocycles. The van der Waals surface area contributed by atoms with E-state index in [-0.39, 0.29) is 53.9 Å². The molecule has 0 bridgehead atoms. The number of hydrogen-bond donors (Lipinski definition) is 3. The number of carbonyl (C=O) groups is 1. The maximum absolute atomic E-state index is 11.9. The predicted octanol–water partition coefficient (Wildman–Crippen LogP) is -1.10. The summed E-state index contributed by atoms with van der Waals surface area (Å²) in [7, 11) is 0. The van der Waals surface area contributed by atoms with E-state index in [1.807, 2.05) is 48.7 Å². The summed E-state index contributed by atoms with van der Waals surface area (Å²) in [6.45, 7) is 2.08. The minimum absolute atomic E-state index is 0. The second kappa shape index (κ2) is 9.72. The minimum Gasteiger partial charge on any atom is -0.547 e. The molecule has 0 fully saturated rings. The number of thiophene rings is 2. The molecule has 9 heteroatoms. The standard InChI is InChI=1S/C22H22O6S2.Na/c1-12-4-5-18-13(7-12)8-15(30-18)9-16-20(28-11-14-3-2-6-29-14)19(24)17(23)10-22(16,27)21(25)26;/h2-8,17,19,23-24,27H,9-11H2,1H3,(H,25,26);/q;+1/p-1/t17-,19+,22-;/m1./s1. The fourth-order valence-corrected chi connectivity index (χ4v) is 5.40. The summed E-state index contributed by atoms with van der Waals surface area (Å²) in [4.78, 5) is 13.6. The molecule has 0 unspecified atom stereocenters. The molecule has 6 nitrogen and oxygen atoms in total. The number of carbonyl (C=O) groups excluding carboxylic acids is 1. The molecule has 31 heavy (non-hydrogen) atoms. The van der Waals surface area contributed by atoms with E-state index in [9.17, 15) is 25.2 Å². The van der Waals surface area contributed by atoms with Crippen LogP contribution >= 0.6 is 22.7 Å². The van der Waals surface area contributed by atoms with Crippen molar-refractivity contribution in [3.8, 4) is 0 Å². The molecule has 3 atom stereocenters. The first-order valence-electron chi connectivity index (χ1n) is 9.45. The van der Waals surface area contributed by atoms with Gasteiger partial charge in [-0.3, -0.25) is 0 Å². The van der Waals surface area contributed by atoms with E-state index in [0.29, 0.717) is 0 Å². The molecule has 1 aliphatic carbocycles. The van der Waals surface area contributed by atoms with Crippen LogP contribution in [0.4, 0.5) is 0 Å². The Hall–Kier alpha value is -1.23. The molecule has 3 N–H and O–H groups in total. The average molecular weight is 469 g/mol. The molecule has 4 rings (SSSR count). The van der Waals surface area contributed by atoms with E-state index < -0.39 is 30.2 Å². The Morgan fingerprint density at radius 1 is 1.26 bits per heavy atom. The zero-order valence-corrected chi connectivity index (χ0v) is 20.8. The van der Waals surface area contributed by atoms with E-state index in [0.717, 1.165) is 25.4 Å². The number of aliphatic hydroxyl groups excluding tert-OH is 2. The third kappa shape index (κ3) is 4.91. The second-order valence-corrected chi connectivity index (χ2v) is 9.71. The van der Waals surface area contributed by atoms with Gasteiger partial charge in [0.2, 0.25) is 0 Å². The first-order valence-corrected chi connectivity index (χ1v) is 11.2. The summed E-state index contributed by atoms with van der Waals surface area (Å²) >= 11 is 2.92. The summed E-state index contributed by atoms with van der Waals surface area (Å²) in [5, 5.41) is 46.5. The Balaban J connectivity index is 0.00000272. The molecule has 158 valence electrons. The summed E-state index contributed by atoms with van der Waals surface area (Å²) in [5.74, 6) is -1.83. The monoisotopic (exact) mass is 468 g/mol. The van der Waals surface area contributed by atoms with Crippen LogP contribution in [0.2, 0.25) is 0 Å². The minimum atomic E-state index is -2.43. The van der Waals surface area contributed by atoms with Crippen molar-refractivity contribution in [2.45, 2.75) is 44.2 Å². The number of rotatable bonds is 6. The van der Waals surface area contributed by atoms with Crippen molar-refractivity contribution >= 4 is 38.7 Å². The number of carboxylic acid groups (broad SMARTS) is 1. The van der Waals surface area contributed by atoms with Crippen molar-refractivity contribution in [2.24, 2.45) is 0 Å². The van der Waals surface area contributed by atoms with E-state index >= 15 is 0 Å². The number of aryl methyl sites for hydroxylation is 1. The molecular weight excluding hydrogens is 447 g/mol. The molecule has 0 radical (unpaired) electrons. The summed E-state index contributed by atoms with van der Waals surface area (Å²) < 4.78 is 6.80. The molecule has 1 aliphatic rings. The largest absolute Gasteiger partial charge is 1.00 e. The molecule has 0 saturated carbocycles. The SMILES string of the molecule is Cc1ccc2sc(CC3=C(OCc4cccs4)[C@@H](O)[C@H](O)C[C@]3(O)C(=O)[O-])cc2c1.[Na+]. The fraction of sp³-hybridized carbons (Fsp3) is 0.318. The number of carboxylic acids is 1. The van der Waals surface area contributed by atoms with Gasteiger partial charge in [-0.2, -0.15) is 0 Å². The van der Waals surface area contributed by atoms with Gasteiger partial charge in [-0.1, -0.05) is 23.8 Å². The van der Waals surface area contributed by atoms with Gasteiger partial charge in [0, 0.05) is 32.9 Å². The Labute approximate surface area is 209 Å². The molecule has 2 heterocycles. The van der Waals surface area contributed by atoms with Gasteiger partial charge in [-0.25, -0.2) is 0 Å². The third-order valence-corrected chi connectivity index (χ3v) is 7.26. The first kappa shape index (κ1) is 24.4. The number of aliphatic hydroxyl groups is 3. The summed E-state index contributed by atoms with van der Waals surface area (Å²) in [5.41, 5.74) is -1.32. The Kier molecular flexibility index (Phi) is 7.66. The van der Waals surface area contributed by atoms with Crippen molar-refractivity contribution in [1.82, 2.24) is 0 Å². The maximum Gasteiger partial charge on any atom is 1.00 e. The molecule has 0 saturated heterocycles. The molecule has 2 aromatic heterocycles. The van der Waals surface area contributed by atoms with Gasteiger partial charge < -0.3 is 30.0 Å². The summed E-state index contributed by atoms with van der Waals surface area (Å²) in [6, 6.07) is 11.6. The number of benzene rings is 1. The zero-order valence-electron chi connectivity index (χ0n) is 17.2. The molecule has 0 aliphatic heterocycles. The molecule has 0 amide bonds. The van der Waals surface area contributed by atoms with Gasteiger partial charge in [0.05, 0.1) is 12.1 Å². The van der Waals surface area contributed by atoms with E-state index in [4.69, 9.17) is 4.74 Å². The van der Waals surface area contributed by atoms with Gasteiger partial charge in [0.15, 0.2) is 0 Å². The van der Waals surface area contributed by atoms with Crippen LogP contribution in [-0.4, -0.2) is 39.1 Å². The van der Waals surface area contributed by atoms with Gasteiger partial charge in [0.25, 0.3) is 0 Å². The molecular formula is C22H21NaO6S2. The normalized spacial score (nSPS) is 23.6. The Bertz CT molecular complexity index is 1110. The zero-order chi connectivity index (χ0) is 21.5. The third-order valence-electron chi connectivity index (χ3n) is 5.30. The van der Waals surface area contributed by atoms with Crippen LogP contribution < -0.4 is 34.7 Å². The van der Waals surface area contributed by atoms with Crippen LogP contribution in [0.15, 0.2) is 53.1 Å². The smallest absolute Gasteiger partial charge is 0.547 e. The topological polar surface area (TPSA) is 110 Å². The molecule has 3 aromatic rings. The van der Waals surface area contributed by atoms with Crippen molar-refractivity contribution in [3.63, 3.8) is 0 Å². The fourth-order valence-electron chi connectivity index (χ4n) is 3.73. The van der Waals surface area contributed by atoms with Gasteiger partial charge in [0.1, 0.15) is 24.1 Å². The maximum atomic E-state index is 11.9. The van der Waals surface area contributed by atoms with Crippen molar-refractivity contribution in [2.75, 3.05) is 0 Å². The van der Waals surface area contributed by atoms with Gasteiger partial charge in [-0.05, 0) is 35.9 Å². The Morgan fingerprint density at radius 3 is 2.71 bits per heavy atom. The summed E-state index contributed by atoms with van der Waals surface area (Å²) in [6.07, 6.45) is -3.43. The number of ether oxygens (including phenoxy) is 1. The average Bonchev–Trinajstić information content (AvgIpc) is 3.34. The van der Waals surface area contributed by atoms with Crippen LogP contribution in [0.5, 0.6) is 0 Å². The van der Waals surface area contributed by atoms with Crippen LogP contribution in [-0.2, 0) is 22.6 Å². The van der Waals surface area contributed by atoms with Gasteiger partial charge >= 0.3 is 29.6 Å². The van der Waals surface area contributed by atoms with Crippen molar-refractivity contribution in [3.05, 3.63) is 68.4 Å². The second-order valence-electron chi connectivity index (χ2n) is 7.51. The number of hydrogen-bond acceptors (Lipinski definition) is 8. The van der Waals surface area contributed by atoms with Crippen LogP contribution in [0, 0.1) is 6.92 Å². The predicted molar refractivity (Wildman–Crippen MR) is 113 cm³/mol. The number of fused-ring (bicyclic) bond motifs is 1. The quantitative estimate of drug-likeness (QED) is 0.396. The first-order chi connectivity index (χ1) is 14.3. The molecule has 0 spiro atoms. The Morgan fingerprint density at radius 2 is 2.03 bits per heavy atom. The van der Waals surface area contributed by atoms with Gasteiger partial charge in [-0.15, -0.1) is 22.7 Å². The van der Waals surface area contributed by atoms with Crippen LogP contribution in [0.3, 0.4) is 0 Å². The van der Waals surface area contributed by atoms with E-state index in [1.165, 1.54) is 22.7 Å². The van der Waals surface area contributed by atoms with Crippen LogP contribution in [0.25, 0.3) is 10.1 Å². The van der Waals surface area contributed by atoms with Crippen molar-refractivity contribution in [1.29, 1.82) is 0 Å². The van der Waals surface area contributed by atoms with Crippen LogP contribution in [0.1, 0.15) is 21.7 Å². The van der Waals surface area contributed by atoms with E-state index in [1.54, 1.807) is 0 Å². The van der Waals surface area contributed by atoms with Crippen molar-refractivity contribution < 1.29 is 59.5 Å².